The summed E-state index contributed by atoms with van der Waals surface area (Å²) in [5, 5.41) is 13.6. The van der Waals surface area contributed by atoms with Gasteiger partial charge in [-0.1, -0.05) is 42.5 Å². The molecule has 0 spiro atoms. The van der Waals surface area contributed by atoms with Crippen molar-refractivity contribution in [1.29, 1.82) is 0 Å². The predicted molar refractivity (Wildman–Crippen MR) is 113 cm³/mol. The van der Waals surface area contributed by atoms with Crippen molar-refractivity contribution in [1.82, 2.24) is 9.97 Å². The molecule has 0 aliphatic heterocycles. The van der Waals surface area contributed by atoms with Crippen LogP contribution in [0.3, 0.4) is 0 Å². The molecule has 2 aromatic heterocycles. The number of carboxylic acids is 1. The van der Waals surface area contributed by atoms with Crippen molar-refractivity contribution in [3.63, 3.8) is 0 Å². The molecule has 0 bridgehead atoms. The summed E-state index contributed by atoms with van der Waals surface area (Å²) in [5.41, 5.74) is 2.68. The summed E-state index contributed by atoms with van der Waals surface area (Å²) in [4.78, 5) is 21.0. The van der Waals surface area contributed by atoms with E-state index in [9.17, 15) is 9.90 Å². The third-order valence-electron chi connectivity index (χ3n) is 4.47. The van der Waals surface area contributed by atoms with Crippen molar-refractivity contribution in [2.24, 2.45) is 0 Å². The third kappa shape index (κ3) is 3.53. The normalized spacial score (nSPS) is 12.3. The summed E-state index contributed by atoms with van der Waals surface area (Å²) in [6, 6.07) is 16.5. The first-order valence-electron chi connectivity index (χ1n) is 8.90. The molecule has 0 aliphatic carbocycles. The van der Waals surface area contributed by atoms with E-state index < -0.39 is 12.0 Å². The van der Waals surface area contributed by atoms with Crippen LogP contribution in [0.5, 0.6) is 0 Å². The van der Waals surface area contributed by atoms with Crippen LogP contribution in [0.25, 0.3) is 33.5 Å². The predicted octanol–water partition coefficient (Wildman–Crippen LogP) is 4.66. The molecular weight excluding hydrogens is 374 g/mol. The molecule has 4 aromatic rings. The largest absolute Gasteiger partial charge is 0.480 e. The molecule has 2 aromatic carbocycles. The van der Waals surface area contributed by atoms with Crippen molar-refractivity contribution >= 4 is 45.6 Å². The zero-order valence-corrected chi connectivity index (χ0v) is 16.1. The number of hydrogen-bond donors (Lipinski definition) is 2. The minimum absolute atomic E-state index is 0.397. The van der Waals surface area contributed by atoms with Crippen LogP contribution in [0.15, 0.2) is 59.0 Å². The number of hydrogen-bond acceptors (Lipinski definition) is 6. The Kier molecular flexibility index (Phi) is 5.16. The smallest absolute Gasteiger partial charge is 0.326 e. The van der Waals surface area contributed by atoms with E-state index in [2.05, 4.69) is 10.3 Å². The quantitative estimate of drug-likeness (QED) is 0.472. The summed E-state index contributed by atoms with van der Waals surface area (Å²) in [5.74, 6) is 0.729. The Hall–Kier alpha value is -3.06. The Morgan fingerprint density at radius 3 is 2.64 bits per heavy atom. The maximum Gasteiger partial charge on any atom is 0.326 e. The molecular formula is C21H19N3O3S. The first-order valence-corrected chi connectivity index (χ1v) is 10.3. The van der Waals surface area contributed by atoms with Crippen LogP contribution in [0, 0.1) is 0 Å². The van der Waals surface area contributed by atoms with Crippen LogP contribution < -0.4 is 5.32 Å². The van der Waals surface area contributed by atoms with Crippen LogP contribution in [0.2, 0.25) is 0 Å². The summed E-state index contributed by atoms with van der Waals surface area (Å²) in [7, 11) is 0. The summed E-state index contributed by atoms with van der Waals surface area (Å²) in [6.45, 7) is 0. The van der Waals surface area contributed by atoms with Gasteiger partial charge < -0.3 is 14.8 Å². The van der Waals surface area contributed by atoms with E-state index >= 15 is 0 Å². The molecule has 142 valence electrons. The number of nitrogens with one attached hydrogen (secondary N) is 1. The molecule has 0 unspecified atom stereocenters. The molecule has 0 radical (unpaired) electrons. The average molecular weight is 393 g/mol. The zero-order valence-electron chi connectivity index (χ0n) is 15.3. The Bertz CT molecular complexity index is 1130. The highest BCUT2D eigenvalue weighted by atomic mass is 32.2. The second-order valence-electron chi connectivity index (χ2n) is 6.35. The van der Waals surface area contributed by atoms with Gasteiger partial charge in [0.25, 0.3) is 0 Å². The summed E-state index contributed by atoms with van der Waals surface area (Å²) in [6.07, 6.45) is 2.43. The number of benzene rings is 2. The van der Waals surface area contributed by atoms with Gasteiger partial charge in [-0.2, -0.15) is 11.8 Å². The van der Waals surface area contributed by atoms with Crippen LogP contribution in [0.1, 0.15) is 6.42 Å². The third-order valence-corrected chi connectivity index (χ3v) is 5.12. The molecule has 2 heterocycles. The second kappa shape index (κ2) is 7.90. The Morgan fingerprint density at radius 1 is 1.14 bits per heavy atom. The maximum absolute atomic E-state index is 11.7. The Balaban J connectivity index is 1.88. The van der Waals surface area contributed by atoms with Crippen LogP contribution in [0.4, 0.5) is 5.82 Å². The molecule has 0 fully saturated rings. The van der Waals surface area contributed by atoms with Gasteiger partial charge in [0.1, 0.15) is 17.1 Å². The van der Waals surface area contributed by atoms with Gasteiger partial charge in [-0.3, -0.25) is 0 Å². The van der Waals surface area contributed by atoms with Crippen molar-refractivity contribution < 1.29 is 14.3 Å². The van der Waals surface area contributed by atoms with Crippen molar-refractivity contribution in [3.05, 3.63) is 54.6 Å². The van der Waals surface area contributed by atoms with Gasteiger partial charge >= 0.3 is 5.97 Å². The number of aliphatic carboxylic acids is 1. The van der Waals surface area contributed by atoms with Gasteiger partial charge in [-0.25, -0.2) is 14.8 Å². The SMILES string of the molecule is CSCC[C@@H](Nc1nc(-c2ccccc2)nc2c1oc1ccccc12)C(=O)O. The topological polar surface area (TPSA) is 88.3 Å². The first kappa shape index (κ1) is 18.3. The standard InChI is InChI=1S/C21H19N3O3S/c1-28-12-11-15(21(25)26)22-20-18-17(14-9-5-6-10-16(14)27-18)23-19(24-20)13-7-3-2-4-8-13/h2-10,15H,11-12H2,1H3,(H,25,26)(H,22,23,24)/t15-/m1/s1. The lowest BCUT2D eigenvalue weighted by molar-refractivity contribution is -0.137. The number of carbonyl (C=O) groups is 1. The highest BCUT2D eigenvalue weighted by molar-refractivity contribution is 7.98. The number of anilines is 1. The highest BCUT2D eigenvalue weighted by Gasteiger charge is 2.22. The summed E-state index contributed by atoms with van der Waals surface area (Å²) < 4.78 is 5.97. The van der Waals surface area contributed by atoms with Crippen molar-refractivity contribution in [2.75, 3.05) is 17.3 Å². The minimum atomic E-state index is -0.918. The van der Waals surface area contributed by atoms with Gasteiger partial charge in [-0.15, -0.1) is 0 Å². The monoisotopic (exact) mass is 393 g/mol. The van der Waals surface area contributed by atoms with E-state index in [4.69, 9.17) is 9.40 Å². The average Bonchev–Trinajstić information content (AvgIpc) is 3.10. The van der Waals surface area contributed by atoms with Gasteiger partial charge in [0.05, 0.1) is 0 Å². The molecule has 2 N–H and O–H groups in total. The second-order valence-corrected chi connectivity index (χ2v) is 7.34. The van der Waals surface area contributed by atoms with E-state index in [-0.39, 0.29) is 0 Å². The molecule has 6 nitrogen and oxygen atoms in total. The van der Waals surface area contributed by atoms with Gasteiger partial charge in [0, 0.05) is 10.9 Å². The van der Waals surface area contributed by atoms with E-state index in [0.717, 1.165) is 16.7 Å². The molecule has 0 saturated carbocycles. The molecule has 0 aliphatic rings. The Labute approximate surface area is 166 Å². The Morgan fingerprint density at radius 2 is 1.89 bits per heavy atom. The van der Waals surface area contributed by atoms with E-state index in [0.29, 0.717) is 34.7 Å². The van der Waals surface area contributed by atoms with Gasteiger partial charge in [0.2, 0.25) is 0 Å². The fourth-order valence-electron chi connectivity index (χ4n) is 3.06. The number of rotatable bonds is 7. The minimum Gasteiger partial charge on any atom is -0.480 e. The number of fused-ring (bicyclic) bond motifs is 3. The number of nitrogens with zero attached hydrogens (tertiary/aromatic N) is 2. The lowest BCUT2D eigenvalue weighted by Crippen LogP contribution is -2.30. The maximum atomic E-state index is 11.7. The lowest BCUT2D eigenvalue weighted by Gasteiger charge is -2.15. The van der Waals surface area contributed by atoms with Crippen LogP contribution in [-0.2, 0) is 4.79 Å². The van der Waals surface area contributed by atoms with Gasteiger partial charge in [-0.05, 0) is 30.6 Å². The first-order chi connectivity index (χ1) is 13.7. The van der Waals surface area contributed by atoms with Crippen molar-refractivity contribution in [3.8, 4) is 11.4 Å². The lowest BCUT2D eigenvalue weighted by atomic mass is 10.2. The van der Waals surface area contributed by atoms with E-state index in [1.807, 2.05) is 60.9 Å². The number of furan rings is 1. The summed E-state index contributed by atoms with van der Waals surface area (Å²) >= 11 is 1.61. The molecule has 1 atom stereocenters. The molecule has 4 rings (SSSR count). The zero-order chi connectivity index (χ0) is 19.5. The highest BCUT2D eigenvalue weighted by Crippen LogP contribution is 2.33. The van der Waals surface area contributed by atoms with Crippen LogP contribution in [-0.4, -0.2) is 39.1 Å². The molecule has 7 heteroatoms. The van der Waals surface area contributed by atoms with Crippen LogP contribution >= 0.6 is 11.8 Å². The number of carboxylic acid groups (broad SMARTS) is 1. The van der Waals surface area contributed by atoms with E-state index in [1.165, 1.54) is 0 Å². The fraction of sp³-hybridized carbons (Fsp3) is 0.190. The molecule has 0 amide bonds. The number of para-hydroxylation sites is 1. The molecule has 28 heavy (non-hydrogen) atoms. The van der Waals surface area contributed by atoms with Gasteiger partial charge in [0.15, 0.2) is 17.2 Å². The van der Waals surface area contributed by atoms with Crippen molar-refractivity contribution in [2.45, 2.75) is 12.5 Å². The molecule has 0 saturated heterocycles. The number of thioether (sulfide) groups is 1. The van der Waals surface area contributed by atoms with E-state index in [1.54, 1.807) is 11.8 Å². The fourth-order valence-corrected chi connectivity index (χ4v) is 3.53. The number of aromatic nitrogens is 2.